The van der Waals surface area contributed by atoms with Crippen LogP contribution in [0.3, 0.4) is 0 Å². The fraction of sp³-hybridized carbons (Fsp3) is 0.818. The maximum Gasteiger partial charge on any atom is 0.389 e. The number of amidine groups is 1. The summed E-state index contributed by atoms with van der Waals surface area (Å²) in [6.45, 7) is 1.19. The summed E-state index contributed by atoms with van der Waals surface area (Å²) in [5, 5.41) is 14.2. The van der Waals surface area contributed by atoms with Gasteiger partial charge < -0.3 is 21.2 Å². The lowest BCUT2D eigenvalue weighted by Gasteiger charge is -2.40. The van der Waals surface area contributed by atoms with E-state index in [0.29, 0.717) is 25.9 Å². The lowest BCUT2D eigenvalue weighted by molar-refractivity contribution is -0.144. The number of likely N-dealkylation sites (tertiary alicyclic amines) is 1. The van der Waals surface area contributed by atoms with Crippen LogP contribution in [0.25, 0.3) is 0 Å². The molecular weight excluding hydrogens is 277 g/mol. The number of carbonyl (C=O) groups excluding carboxylic acids is 1. The van der Waals surface area contributed by atoms with Gasteiger partial charge in [-0.1, -0.05) is 5.16 Å². The van der Waals surface area contributed by atoms with Gasteiger partial charge in [0.15, 0.2) is 5.84 Å². The molecule has 1 aliphatic heterocycles. The van der Waals surface area contributed by atoms with E-state index in [9.17, 15) is 18.0 Å². The van der Waals surface area contributed by atoms with Crippen LogP contribution >= 0.6 is 0 Å². The summed E-state index contributed by atoms with van der Waals surface area (Å²) in [5.41, 5.74) is 4.54. The standard InChI is InChI=1S/C11H19F3N4O2/c1-18-6-4-10(5-7-18,9(15)17-20)16-8(19)2-3-11(12,13)14/h20H,2-7H2,1H3,(H2,15,17)(H,16,19). The Morgan fingerprint density at radius 2 is 2.00 bits per heavy atom. The maximum absolute atomic E-state index is 12.1. The van der Waals surface area contributed by atoms with Crippen LogP contribution in [0.5, 0.6) is 0 Å². The number of nitrogens with zero attached hydrogens (tertiary/aromatic N) is 2. The molecule has 0 bridgehead atoms. The highest BCUT2D eigenvalue weighted by molar-refractivity contribution is 5.94. The average molecular weight is 296 g/mol. The molecule has 1 saturated heterocycles. The highest BCUT2D eigenvalue weighted by Gasteiger charge is 2.40. The number of amides is 1. The molecule has 0 unspecified atom stereocenters. The van der Waals surface area contributed by atoms with Crippen molar-refractivity contribution in [2.75, 3.05) is 20.1 Å². The fourth-order valence-electron chi connectivity index (χ4n) is 2.13. The highest BCUT2D eigenvalue weighted by Crippen LogP contribution is 2.24. The molecule has 0 aromatic rings. The SMILES string of the molecule is CN1CCC(NC(=O)CCC(F)(F)F)(C(N)=NO)CC1. The van der Waals surface area contributed by atoms with Crippen LogP contribution in [0.2, 0.25) is 0 Å². The van der Waals surface area contributed by atoms with Crippen molar-refractivity contribution in [2.45, 2.75) is 37.4 Å². The second-order valence-electron chi connectivity index (χ2n) is 5.03. The number of hydrogen-bond acceptors (Lipinski definition) is 4. The Bertz CT molecular complexity index is 376. The van der Waals surface area contributed by atoms with Gasteiger partial charge in [0.05, 0.1) is 6.42 Å². The summed E-state index contributed by atoms with van der Waals surface area (Å²) in [6.07, 6.45) is -5.47. The molecule has 1 fully saturated rings. The molecule has 1 amide bonds. The van der Waals surface area contributed by atoms with E-state index in [4.69, 9.17) is 10.9 Å². The Balaban J connectivity index is 2.69. The summed E-state index contributed by atoms with van der Waals surface area (Å²) in [5.74, 6) is -0.926. The molecule has 0 radical (unpaired) electrons. The van der Waals surface area contributed by atoms with E-state index < -0.39 is 30.5 Å². The number of alkyl halides is 3. The van der Waals surface area contributed by atoms with Crippen LogP contribution in [0.1, 0.15) is 25.7 Å². The summed E-state index contributed by atoms with van der Waals surface area (Å²) in [6, 6.07) is 0. The second kappa shape index (κ2) is 6.29. The van der Waals surface area contributed by atoms with Crippen LogP contribution in [-0.4, -0.2) is 53.7 Å². The van der Waals surface area contributed by atoms with Gasteiger partial charge in [0.2, 0.25) is 5.91 Å². The van der Waals surface area contributed by atoms with Crippen LogP contribution in [-0.2, 0) is 4.79 Å². The third-order valence-electron chi connectivity index (χ3n) is 3.45. The van der Waals surface area contributed by atoms with Gasteiger partial charge in [-0.15, -0.1) is 0 Å². The van der Waals surface area contributed by atoms with E-state index in [-0.39, 0.29) is 5.84 Å². The number of oxime groups is 1. The summed E-state index contributed by atoms with van der Waals surface area (Å²) < 4.78 is 36.3. The zero-order valence-electron chi connectivity index (χ0n) is 11.2. The number of nitrogens with one attached hydrogen (secondary N) is 1. The Morgan fingerprint density at radius 1 is 1.45 bits per heavy atom. The number of halogens is 3. The molecule has 9 heteroatoms. The first-order valence-electron chi connectivity index (χ1n) is 6.23. The van der Waals surface area contributed by atoms with Crippen LogP contribution in [0, 0.1) is 0 Å². The van der Waals surface area contributed by atoms with Crippen molar-refractivity contribution in [1.82, 2.24) is 10.2 Å². The second-order valence-corrected chi connectivity index (χ2v) is 5.03. The molecular formula is C11H19F3N4O2. The predicted octanol–water partition coefficient (Wildman–Crippen LogP) is 0.656. The average Bonchev–Trinajstić information content (AvgIpc) is 2.37. The van der Waals surface area contributed by atoms with Crippen molar-refractivity contribution in [1.29, 1.82) is 0 Å². The van der Waals surface area contributed by atoms with Gasteiger partial charge in [-0.05, 0) is 19.9 Å². The van der Waals surface area contributed by atoms with Gasteiger partial charge in [0.1, 0.15) is 5.54 Å². The van der Waals surface area contributed by atoms with E-state index in [0.717, 1.165) is 0 Å². The maximum atomic E-state index is 12.1. The number of nitrogens with two attached hydrogens (primary N) is 1. The Hall–Kier alpha value is -1.51. The van der Waals surface area contributed by atoms with Gasteiger partial charge >= 0.3 is 6.18 Å². The molecule has 0 aliphatic carbocycles. The molecule has 1 heterocycles. The third kappa shape index (κ3) is 4.55. The minimum atomic E-state index is -4.38. The topological polar surface area (TPSA) is 91.0 Å². The summed E-state index contributed by atoms with van der Waals surface area (Å²) in [4.78, 5) is 13.6. The van der Waals surface area contributed by atoms with E-state index in [1.165, 1.54) is 0 Å². The first kappa shape index (κ1) is 16.5. The van der Waals surface area contributed by atoms with Crippen molar-refractivity contribution >= 4 is 11.7 Å². The number of hydrogen-bond donors (Lipinski definition) is 3. The van der Waals surface area contributed by atoms with E-state index >= 15 is 0 Å². The summed E-state index contributed by atoms with van der Waals surface area (Å²) >= 11 is 0. The van der Waals surface area contributed by atoms with Gasteiger partial charge in [0.25, 0.3) is 0 Å². The molecule has 0 atom stereocenters. The van der Waals surface area contributed by atoms with Crippen LogP contribution < -0.4 is 11.1 Å². The van der Waals surface area contributed by atoms with E-state index in [1.807, 2.05) is 11.9 Å². The van der Waals surface area contributed by atoms with Crippen molar-refractivity contribution in [3.05, 3.63) is 0 Å². The zero-order chi connectivity index (χ0) is 15.4. The van der Waals surface area contributed by atoms with Crippen LogP contribution in [0.15, 0.2) is 5.16 Å². The monoisotopic (exact) mass is 296 g/mol. The molecule has 116 valence electrons. The van der Waals surface area contributed by atoms with E-state index in [1.54, 1.807) is 0 Å². The largest absolute Gasteiger partial charge is 0.409 e. The minimum absolute atomic E-state index is 0.175. The van der Waals surface area contributed by atoms with Gasteiger partial charge in [-0.3, -0.25) is 4.79 Å². The van der Waals surface area contributed by atoms with Gasteiger partial charge in [-0.2, -0.15) is 13.2 Å². The Labute approximate surface area is 114 Å². The van der Waals surface area contributed by atoms with Gasteiger partial charge in [0, 0.05) is 19.5 Å². The quantitative estimate of drug-likeness (QED) is 0.307. The lowest BCUT2D eigenvalue weighted by atomic mass is 9.86. The van der Waals surface area contributed by atoms with Crippen molar-refractivity contribution in [2.24, 2.45) is 10.9 Å². The predicted molar refractivity (Wildman–Crippen MR) is 66.3 cm³/mol. The number of carbonyl (C=O) groups is 1. The fourth-order valence-corrected chi connectivity index (χ4v) is 2.13. The highest BCUT2D eigenvalue weighted by atomic mass is 19.4. The van der Waals surface area contributed by atoms with Crippen molar-refractivity contribution in [3.8, 4) is 0 Å². The Morgan fingerprint density at radius 3 is 2.45 bits per heavy atom. The molecule has 6 nitrogen and oxygen atoms in total. The molecule has 0 spiro atoms. The van der Waals surface area contributed by atoms with E-state index in [2.05, 4.69) is 10.5 Å². The molecule has 1 aliphatic rings. The van der Waals surface area contributed by atoms with Crippen molar-refractivity contribution < 1.29 is 23.2 Å². The normalized spacial score (nSPS) is 20.7. The number of piperidine rings is 1. The molecule has 0 aromatic carbocycles. The number of rotatable bonds is 4. The minimum Gasteiger partial charge on any atom is -0.409 e. The molecule has 20 heavy (non-hydrogen) atoms. The Kier molecular flexibility index (Phi) is 5.21. The first-order chi connectivity index (χ1) is 9.18. The first-order valence-corrected chi connectivity index (χ1v) is 6.23. The smallest absolute Gasteiger partial charge is 0.389 e. The van der Waals surface area contributed by atoms with Crippen LogP contribution in [0.4, 0.5) is 13.2 Å². The van der Waals surface area contributed by atoms with Crippen molar-refractivity contribution in [3.63, 3.8) is 0 Å². The zero-order valence-corrected chi connectivity index (χ0v) is 11.2. The summed E-state index contributed by atoms with van der Waals surface area (Å²) in [7, 11) is 1.88. The molecule has 1 rings (SSSR count). The molecule has 0 aromatic heterocycles. The molecule has 4 N–H and O–H groups in total. The third-order valence-corrected chi connectivity index (χ3v) is 3.45. The lowest BCUT2D eigenvalue weighted by Crippen LogP contribution is -2.62. The van der Waals surface area contributed by atoms with Gasteiger partial charge in [-0.25, -0.2) is 0 Å². The molecule has 0 saturated carbocycles.